The fourth-order valence-electron chi connectivity index (χ4n) is 4.49. The predicted molar refractivity (Wildman–Crippen MR) is 155 cm³/mol. The van der Waals surface area contributed by atoms with Crippen molar-refractivity contribution in [3.63, 3.8) is 0 Å². The van der Waals surface area contributed by atoms with E-state index >= 15 is 0 Å². The Morgan fingerprint density at radius 3 is 2.02 bits per heavy atom. The van der Waals surface area contributed by atoms with Crippen LogP contribution in [0, 0.1) is 0 Å². The van der Waals surface area contributed by atoms with E-state index in [9.17, 15) is 14.7 Å². The Hall–Kier alpha value is -5.04. The third-order valence-corrected chi connectivity index (χ3v) is 6.61. The molecular formula is C33H30N2O5. The van der Waals surface area contributed by atoms with Crippen LogP contribution in [0.2, 0.25) is 0 Å². The summed E-state index contributed by atoms with van der Waals surface area (Å²) in [6.07, 6.45) is 0.389. The van der Waals surface area contributed by atoms with Crippen LogP contribution in [0.1, 0.15) is 46.8 Å². The molecule has 5 aromatic rings. The summed E-state index contributed by atoms with van der Waals surface area (Å²) in [6, 6.07) is 30.1. The standard InChI is InChI=1S/C33H30N2O5/c1-22(2)27-18-28(32(36)34-26-14-13-25-15-16-35(33(37)38)29(25)17-26)31(40-21-24-11-7-4-8-12-24)19-30(27)39-20-23-9-5-3-6-10-23/h3-19,22H,20-21H2,1-2H3,(H,34,36)(H,37,38). The predicted octanol–water partition coefficient (Wildman–Crippen LogP) is 7.70. The van der Waals surface area contributed by atoms with E-state index in [1.807, 2.05) is 80.6 Å². The summed E-state index contributed by atoms with van der Waals surface area (Å²) in [4.78, 5) is 25.2. The van der Waals surface area contributed by atoms with Crippen LogP contribution in [0.5, 0.6) is 11.5 Å². The molecule has 0 radical (unpaired) electrons. The molecule has 0 aliphatic rings. The van der Waals surface area contributed by atoms with Crippen molar-refractivity contribution < 1.29 is 24.2 Å². The summed E-state index contributed by atoms with van der Waals surface area (Å²) in [5.41, 5.74) is 4.20. The van der Waals surface area contributed by atoms with Crippen molar-refractivity contribution in [3.05, 3.63) is 126 Å². The molecule has 1 aromatic heterocycles. The second kappa shape index (κ2) is 11.8. The van der Waals surface area contributed by atoms with E-state index in [-0.39, 0.29) is 18.4 Å². The third kappa shape index (κ3) is 5.99. The van der Waals surface area contributed by atoms with Gasteiger partial charge in [0.25, 0.3) is 5.91 Å². The minimum atomic E-state index is -1.09. The van der Waals surface area contributed by atoms with Crippen LogP contribution < -0.4 is 14.8 Å². The smallest absolute Gasteiger partial charge is 0.416 e. The lowest BCUT2D eigenvalue weighted by Crippen LogP contribution is -2.15. The van der Waals surface area contributed by atoms with Crippen molar-refractivity contribution in [2.45, 2.75) is 33.0 Å². The molecule has 0 saturated heterocycles. The van der Waals surface area contributed by atoms with Gasteiger partial charge in [-0.15, -0.1) is 0 Å². The minimum Gasteiger partial charge on any atom is -0.488 e. The maximum atomic E-state index is 13.6. The van der Waals surface area contributed by atoms with Crippen LogP contribution in [0.3, 0.4) is 0 Å². The summed E-state index contributed by atoms with van der Waals surface area (Å²) in [6.45, 7) is 4.75. The first-order valence-electron chi connectivity index (χ1n) is 13.1. The van der Waals surface area contributed by atoms with Gasteiger partial charge in [-0.3, -0.25) is 9.36 Å². The van der Waals surface area contributed by atoms with Gasteiger partial charge in [0.15, 0.2) is 0 Å². The first-order valence-corrected chi connectivity index (χ1v) is 13.1. The lowest BCUT2D eigenvalue weighted by molar-refractivity contribution is 0.102. The molecule has 0 spiro atoms. The van der Waals surface area contributed by atoms with Crippen LogP contribution in [-0.2, 0) is 13.2 Å². The molecule has 5 rings (SSSR count). The summed E-state index contributed by atoms with van der Waals surface area (Å²) >= 11 is 0. The maximum absolute atomic E-state index is 13.6. The van der Waals surface area contributed by atoms with E-state index in [4.69, 9.17) is 9.47 Å². The van der Waals surface area contributed by atoms with Crippen LogP contribution in [0.4, 0.5) is 10.5 Å². The highest BCUT2D eigenvalue weighted by Gasteiger charge is 2.21. The van der Waals surface area contributed by atoms with E-state index in [2.05, 4.69) is 5.32 Å². The lowest BCUT2D eigenvalue weighted by Gasteiger charge is -2.19. The Morgan fingerprint density at radius 1 is 0.800 bits per heavy atom. The van der Waals surface area contributed by atoms with Crippen molar-refractivity contribution in [1.29, 1.82) is 0 Å². The number of hydrogen-bond acceptors (Lipinski definition) is 4. The summed E-state index contributed by atoms with van der Waals surface area (Å²) in [5.74, 6) is 0.756. The fourth-order valence-corrected chi connectivity index (χ4v) is 4.49. The van der Waals surface area contributed by atoms with Gasteiger partial charge in [0.05, 0.1) is 11.1 Å². The lowest BCUT2D eigenvalue weighted by atomic mass is 9.98. The number of benzene rings is 4. The van der Waals surface area contributed by atoms with Gasteiger partial charge in [-0.1, -0.05) is 80.6 Å². The average molecular weight is 535 g/mol. The molecule has 202 valence electrons. The monoisotopic (exact) mass is 534 g/mol. The highest BCUT2D eigenvalue weighted by atomic mass is 16.5. The number of hydrogen-bond donors (Lipinski definition) is 2. The molecule has 4 aromatic carbocycles. The largest absolute Gasteiger partial charge is 0.488 e. The average Bonchev–Trinajstić information content (AvgIpc) is 3.39. The molecule has 0 saturated carbocycles. The zero-order valence-corrected chi connectivity index (χ0v) is 22.3. The van der Waals surface area contributed by atoms with Crippen molar-refractivity contribution in [2.24, 2.45) is 0 Å². The Bertz CT molecular complexity index is 1640. The van der Waals surface area contributed by atoms with E-state index in [1.54, 1.807) is 30.3 Å². The number of anilines is 1. The first-order chi connectivity index (χ1) is 19.4. The Morgan fingerprint density at radius 2 is 1.43 bits per heavy atom. The van der Waals surface area contributed by atoms with Gasteiger partial charge in [-0.2, -0.15) is 0 Å². The molecule has 0 fully saturated rings. The summed E-state index contributed by atoms with van der Waals surface area (Å²) in [7, 11) is 0. The normalized spacial score (nSPS) is 11.0. The van der Waals surface area contributed by atoms with Crippen LogP contribution in [-0.4, -0.2) is 21.7 Å². The number of carbonyl (C=O) groups is 2. The SMILES string of the molecule is CC(C)c1cc(C(=O)Nc2ccc3ccn(C(=O)O)c3c2)c(OCc2ccccc2)cc1OCc1ccccc1. The van der Waals surface area contributed by atoms with Crippen LogP contribution >= 0.6 is 0 Å². The number of fused-ring (bicyclic) bond motifs is 1. The van der Waals surface area contributed by atoms with Crippen molar-refractivity contribution >= 4 is 28.6 Å². The minimum absolute atomic E-state index is 0.0793. The second-order valence-electron chi connectivity index (χ2n) is 9.79. The molecule has 0 aliphatic heterocycles. The number of rotatable bonds is 9. The molecule has 7 heteroatoms. The summed E-state index contributed by atoms with van der Waals surface area (Å²) in [5, 5.41) is 13.2. The molecule has 2 N–H and O–H groups in total. The van der Waals surface area contributed by atoms with E-state index in [0.717, 1.165) is 26.6 Å². The van der Waals surface area contributed by atoms with E-state index in [0.29, 0.717) is 34.9 Å². The van der Waals surface area contributed by atoms with Gasteiger partial charge in [-0.25, -0.2) is 4.79 Å². The van der Waals surface area contributed by atoms with Crippen molar-refractivity contribution in [2.75, 3.05) is 5.32 Å². The molecule has 1 amide bonds. The van der Waals surface area contributed by atoms with Gasteiger partial charge in [0.2, 0.25) is 0 Å². The zero-order valence-electron chi connectivity index (χ0n) is 22.3. The molecule has 7 nitrogen and oxygen atoms in total. The Kier molecular flexibility index (Phi) is 7.82. The van der Waals surface area contributed by atoms with Gasteiger partial charge in [0.1, 0.15) is 24.7 Å². The molecule has 0 aliphatic carbocycles. The zero-order chi connectivity index (χ0) is 28.1. The van der Waals surface area contributed by atoms with Gasteiger partial charge >= 0.3 is 6.09 Å². The molecular weight excluding hydrogens is 504 g/mol. The fraction of sp³-hybridized carbons (Fsp3) is 0.152. The molecule has 40 heavy (non-hydrogen) atoms. The number of nitrogens with zero attached hydrogens (tertiary/aromatic N) is 1. The van der Waals surface area contributed by atoms with Crippen molar-refractivity contribution in [1.82, 2.24) is 4.57 Å². The molecule has 1 heterocycles. The Balaban J connectivity index is 1.48. The highest BCUT2D eigenvalue weighted by Crippen LogP contribution is 2.35. The Labute approximate surface area is 232 Å². The number of aromatic nitrogens is 1. The number of amides is 1. The number of ether oxygens (including phenoxy) is 2. The topological polar surface area (TPSA) is 89.8 Å². The number of carboxylic acid groups (broad SMARTS) is 1. The van der Waals surface area contributed by atoms with E-state index in [1.165, 1.54) is 6.20 Å². The second-order valence-corrected chi connectivity index (χ2v) is 9.79. The maximum Gasteiger partial charge on any atom is 0.416 e. The van der Waals surface area contributed by atoms with Gasteiger partial charge in [-0.05, 0) is 46.9 Å². The number of carbonyl (C=O) groups excluding carboxylic acids is 1. The molecule has 0 unspecified atom stereocenters. The van der Waals surface area contributed by atoms with Gasteiger partial charge < -0.3 is 19.9 Å². The quantitative estimate of drug-likeness (QED) is 0.202. The highest BCUT2D eigenvalue weighted by molar-refractivity contribution is 6.07. The number of nitrogens with one attached hydrogen (secondary N) is 1. The van der Waals surface area contributed by atoms with Crippen LogP contribution in [0.15, 0.2) is 103 Å². The van der Waals surface area contributed by atoms with Crippen LogP contribution in [0.25, 0.3) is 10.9 Å². The molecule has 0 bridgehead atoms. The molecule has 0 atom stereocenters. The van der Waals surface area contributed by atoms with Crippen molar-refractivity contribution in [3.8, 4) is 11.5 Å². The first kappa shape index (κ1) is 26.6. The van der Waals surface area contributed by atoms with E-state index < -0.39 is 6.09 Å². The van der Waals surface area contributed by atoms with Gasteiger partial charge in [0, 0.05) is 23.3 Å². The third-order valence-electron chi connectivity index (χ3n) is 6.61. The summed E-state index contributed by atoms with van der Waals surface area (Å²) < 4.78 is 13.6.